The molecule has 2 rings (SSSR count). The summed E-state index contributed by atoms with van der Waals surface area (Å²) in [5.41, 5.74) is 0. The van der Waals surface area contributed by atoms with Crippen molar-refractivity contribution in [1.29, 1.82) is 0 Å². The summed E-state index contributed by atoms with van der Waals surface area (Å²) >= 11 is 0. The normalized spacial score (nSPS) is 27.7. The zero-order valence-electron chi connectivity index (χ0n) is 11.3. The van der Waals surface area contributed by atoms with Gasteiger partial charge >= 0.3 is 0 Å². The number of nitrogens with one attached hydrogen (secondary N) is 2. The molecular weight excluding hydrogens is 246 g/mol. The Bertz CT molecular complexity index is 377. The highest BCUT2D eigenvalue weighted by Crippen LogP contribution is 2.13. The smallest absolute Gasteiger partial charge is 0.252 e. The third-order valence-corrected chi connectivity index (χ3v) is 3.85. The van der Waals surface area contributed by atoms with E-state index in [-0.39, 0.29) is 24.1 Å². The molecule has 0 bridgehead atoms. The molecule has 6 nitrogen and oxygen atoms in total. The zero-order valence-corrected chi connectivity index (χ0v) is 11.3. The van der Waals surface area contributed by atoms with Crippen LogP contribution in [-0.4, -0.2) is 48.3 Å². The fourth-order valence-corrected chi connectivity index (χ4v) is 2.61. The predicted molar refractivity (Wildman–Crippen MR) is 69.2 cm³/mol. The summed E-state index contributed by atoms with van der Waals surface area (Å²) in [5, 5.41) is 6.03. The van der Waals surface area contributed by atoms with E-state index in [0.717, 1.165) is 24.3 Å². The number of rotatable bonds is 4. The van der Waals surface area contributed by atoms with Gasteiger partial charge in [-0.3, -0.25) is 19.3 Å². The van der Waals surface area contributed by atoms with Crippen molar-refractivity contribution >= 4 is 17.7 Å². The number of nitrogens with zero attached hydrogens (tertiary/aromatic N) is 1. The average molecular weight is 267 g/mol. The van der Waals surface area contributed by atoms with Gasteiger partial charge in [-0.1, -0.05) is 6.42 Å². The first-order valence-electron chi connectivity index (χ1n) is 6.91. The minimum absolute atomic E-state index is 0.0861. The molecule has 2 N–H and O–H groups in total. The lowest BCUT2D eigenvalue weighted by Gasteiger charge is -2.23. The molecule has 2 heterocycles. The number of carbonyl (C=O) groups is 3. The van der Waals surface area contributed by atoms with Gasteiger partial charge in [0.25, 0.3) is 5.91 Å². The van der Waals surface area contributed by atoms with E-state index in [1.807, 2.05) is 0 Å². The molecule has 2 aliphatic rings. The maximum absolute atomic E-state index is 11.8. The second-order valence-corrected chi connectivity index (χ2v) is 5.30. The van der Waals surface area contributed by atoms with Gasteiger partial charge in [0.15, 0.2) is 0 Å². The van der Waals surface area contributed by atoms with Crippen LogP contribution in [0.25, 0.3) is 0 Å². The Hall–Kier alpha value is -1.43. The molecule has 19 heavy (non-hydrogen) atoms. The van der Waals surface area contributed by atoms with Crippen LogP contribution in [0.2, 0.25) is 0 Å². The molecule has 0 radical (unpaired) electrons. The Morgan fingerprint density at radius 1 is 1.42 bits per heavy atom. The van der Waals surface area contributed by atoms with Crippen LogP contribution in [0.4, 0.5) is 0 Å². The molecule has 2 aliphatic heterocycles. The summed E-state index contributed by atoms with van der Waals surface area (Å²) in [7, 11) is 1.45. The van der Waals surface area contributed by atoms with E-state index in [1.54, 1.807) is 0 Å². The van der Waals surface area contributed by atoms with Crippen molar-refractivity contribution in [2.75, 3.05) is 13.6 Å². The molecule has 2 atom stereocenters. The molecule has 3 amide bonds. The Morgan fingerprint density at radius 2 is 2.21 bits per heavy atom. The standard InChI is InChI=1S/C13H21N3O3/c1-16-12(18)8-10(13(16)19)15-11(17)6-5-9-4-2-3-7-14-9/h9-10,14H,2-8H2,1H3,(H,15,17). The number of carbonyl (C=O) groups excluding carboxylic acids is 3. The van der Waals surface area contributed by atoms with E-state index in [1.165, 1.54) is 19.9 Å². The number of imide groups is 1. The highest BCUT2D eigenvalue weighted by molar-refractivity contribution is 6.06. The summed E-state index contributed by atoms with van der Waals surface area (Å²) in [5.74, 6) is -0.688. The topological polar surface area (TPSA) is 78.5 Å². The van der Waals surface area contributed by atoms with Crippen molar-refractivity contribution < 1.29 is 14.4 Å². The molecule has 0 aromatic heterocycles. The molecular formula is C13H21N3O3. The number of hydrogen-bond donors (Lipinski definition) is 2. The van der Waals surface area contributed by atoms with Crippen LogP contribution in [0, 0.1) is 0 Å². The van der Waals surface area contributed by atoms with Gasteiger partial charge in [-0.2, -0.15) is 0 Å². The minimum atomic E-state index is -0.663. The third kappa shape index (κ3) is 3.53. The van der Waals surface area contributed by atoms with E-state index < -0.39 is 6.04 Å². The van der Waals surface area contributed by atoms with Gasteiger partial charge in [-0.25, -0.2) is 0 Å². The van der Waals surface area contributed by atoms with Gasteiger partial charge < -0.3 is 10.6 Å². The molecule has 2 unspecified atom stereocenters. The first kappa shape index (κ1) is 14.0. The molecule has 0 aromatic carbocycles. The second-order valence-electron chi connectivity index (χ2n) is 5.30. The fraction of sp³-hybridized carbons (Fsp3) is 0.769. The first-order chi connectivity index (χ1) is 9.08. The van der Waals surface area contributed by atoms with Crippen molar-refractivity contribution in [3.05, 3.63) is 0 Å². The lowest BCUT2D eigenvalue weighted by molar-refractivity contribution is -0.138. The number of hydrogen-bond acceptors (Lipinski definition) is 4. The second kappa shape index (κ2) is 6.14. The molecule has 0 spiro atoms. The number of piperidine rings is 1. The Morgan fingerprint density at radius 3 is 2.79 bits per heavy atom. The van der Waals surface area contributed by atoms with Crippen LogP contribution >= 0.6 is 0 Å². The van der Waals surface area contributed by atoms with Gasteiger partial charge in [0.1, 0.15) is 6.04 Å². The zero-order chi connectivity index (χ0) is 13.8. The van der Waals surface area contributed by atoms with E-state index in [0.29, 0.717) is 12.5 Å². The van der Waals surface area contributed by atoms with Crippen LogP contribution in [-0.2, 0) is 14.4 Å². The van der Waals surface area contributed by atoms with Crippen molar-refractivity contribution in [2.24, 2.45) is 0 Å². The van der Waals surface area contributed by atoms with E-state index >= 15 is 0 Å². The maximum Gasteiger partial charge on any atom is 0.252 e. The van der Waals surface area contributed by atoms with Crippen LogP contribution in [0.3, 0.4) is 0 Å². The molecule has 2 fully saturated rings. The quantitative estimate of drug-likeness (QED) is 0.690. The molecule has 0 aromatic rings. The highest BCUT2D eigenvalue weighted by Gasteiger charge is 2.36. The van der Waals surface area contributed by atoms with Crippen molar-refractivity contribution in [2.45, 2.75) is 50.6 Å². The Balaban J connectivity index is 1.72. The van der Waals surface area contributed by atoms with Gasteiger partial charge in [-0.05, 0) is 25.8 Å². The van der Waals surface area contributed by atoms with Crippen LogP contribution < -0.4 is 10.6 Å². The van der Waals surface area contributed by atoms with Crippen molar-refractivity contribution in [3.63, 3.8) is 0 Å². The van der Waals surface area contributed by atoms with Crippen LogP contribution in [0.15, 0.2) is 0 Å². The van der Waals surface area contributed by atoms with Crippen molar-refractivity contribution in [1.82, 2.24) is 15.5 Å². The summed E-state index contributed by atoms with van der Waals surface area (Å²) < 4.78 is 0. The third-order valence-electron chi connectivity index (χ3n) is 3.85. The molecule has 106 valence electrons. The highest BCUT2D eigenvalue weighted by atomic mass is 16.2. The lowest BCUT2D eigenvalue weighted by Crippen LogP contribution is -2.41. The number of likely N-dealkylation sites (tertiary alicyclic amines) is 1. The summed E-state index contributed by atoms with van der Waals surface area (Å²) in [4.78, 5) is 35.8. The Kier molecular flexibility index (Phi) is 4.52. The number of amides is 3. The van der Waals surface area contributed by atoms with Gasteiger partial charge in [0.2, 0.25) is 11.8 Å². The van der Waals surface area contributed by atoms with Crippen molar-refractivity contribution in [3.8, 4) is 0 Å². The van der Waals surface area contributed by atoms with E-state index in [9.17, 15) is 14.4 Å². The molecule has 2 saturated heterocycles. The SMILES string of the molecule is CN1C(=O)CC(NC(=O)CCC2CCCCN2)C1=O. The summed E-state index contributed by atoms with van der Waals surface area (Å²) in [6.07, 6.45) is 4.79. The fourth-order valence-electron chi connectivity index (χ4n) is 2.61. The largest absolute Gasteiger partial charge is 0.344 e. The first-order valence-corrected chi connectivity index (χ1v) is 6.91. The summed E-state index contributed by atoms with van der Waals surface area (Å²) in [6.45, 7) is 1.02. The lowest BCUT2D eigenvalue weighted by atomic mass is 10.0. The molecule has 0 aliphatic carbocycles. The van der Waals surface area contributed by atoms with Crippen LogP contribution in [0.1, 0.15) is 38.5 Å². The van der Waals surface area contributed by atoms with Crippen LogP contribution in [0.5, 0.6) is 0 Å². The number of likely N-dealkylation sites (N-methyl/N-ethyl adjacent to an activating group) is 1. The van der Waals surface area contributed by atoms with Gasteiger partial charge in [0.05, 0.1) is 6.42 Å². The Labute approximate surface area is 112 Å². The monoisotopic (exact) mass is 267 g/mol. The predicted octanol–water partition coefficient (Wildman–Crippen LogP) is -0.218. The van der Waals surface area contributed by atoms with E-state index in [4.69, 9.17) is 0 Å². The molecule has 6 heteroatoms. The van der Waals surface area contributed by atoms with E-state index in [2.05, 4.69) is 10.6 Å². The van der Waals surface area contributed by atoms with Gasteiger partial charge in [0, 0.05) is 19.5 Å². The average Bonchev–Trinajstić information content (AvgIpc) is 2.65. The van der Waals surface area contributed by atoms with Gasteiger partial charge in [-0.15, -0.1) is 0 Å². The molecule has 0 saturated carbocycles. The minimum Gasteiger partial charge on any atom is -0.344 e. The summed E-state index contributed by atoms with van der Waals surface area (Å²) in [6, 6.07) is -0.257. The maximum atomic E-state index is 11.8.